The van der Waals surface area contributed by atoms with Crippen LogP contribution < -0.4 is 5.32 Å². The lowest BCUT2D eigenvalue weighted by atomic mass is 10.1. The van der Waals surface area contributed by atoms with Gasteiger partial charge < -0.3 is 0 Å². The van der Waals surface area contributed by atoms with Crippen LogP contribution in [0.2, 0.25) is 0 Å². The Kier molecular flexibility index (Phi) is 4.31. The molecule has 0 saturated heterocycles. The van der Waals surface area contributed by atoms with Gasteiger partial charge in [0.25, 0.3) is 5.91 Å². The van der Waals surface area contributed by atoms with Crippen LogP contribution in [-0.2, 0) is 0 Å². The van der Waals surface area contributed by atoms with E-state index in [0.29, 0.717) is 16.5 Å². The van der Waals surface area contributed by atoms with E-state index in [1.165, 1.54) is 11.5 Å². The number of hydrogen-bond donors (Lipinski definition) is 1. The molecule has 110 valence electrons. The summed E-state index contributed by atoms with van der Waals surface area (Å²) < 4.78 is 5.04. The molecule has 1 N–H and O–H groups in total. The van der Waals surface area contributed by atoms with E-state index < -0.39 is 0 Å². The van der Waals surface area contributed by atoms with Crippen molar-refractivity contribution in [3.05, 3.63) is 64.1 Å². The molecule has 0 spiro atoms. The van der Waals surface area contributed by atoms with E-state index in [-0.39, 0.29) is 5.91 Å². The third-order valence-electron chi connectivity index (χ3n) is 3.05. The molecule has 6 heteroatoms. The zero-order valence-corrected chi connectivity index (χ0v) is 14.1. The van der Waals surface area contributed by atoms with Crippen molar-refractivity contribution in [3.63, 3.8) is 0 Å². The number of carbonyl (C=O) groups is 1. The van der Waals surface area contributed by atoms with Gasteiger partial charge in [-0.3, -0.25) is 10.1 Å². The Balaban J connectivity index is 1.79. The van der Waals surface area contributed by atoms with Crippen LogP contribution in [-0.4, -0.2) is 15.3 Å². The molecule has 2 aromatic carbocycles. The quantitative estimate of drug-likeness (QED) is 0.733. The highest BCUT2D eigenvalue weighted by molar-refractivity contribution is 9.10. The number of nitrogens with zero attached hydrogens (tertiary/aromatic N) is 2. The molecular formula is C16H12BrN3OS. The first-order valence-corrected chi connectivity index (χ1v) is 8.17. The van der Waals surface area contributed by atoms with Gasteiger partial charge in [0.05, 0.1) is 5.56 Å². The smallest absolute Gasteiger partial charge is 0.258 e. The van der Waals surface area contributed by atoms with E-state index in [1.807, 2.05) is 49.4 Å². The molecule has 0 atom stereocenters. The third-order valence-corrected chi connectivity index (χ3v) is 4.33. The monoisotopic (exact) mass is 373 g/mol. The fourth-order valence-electron chi connectivity index (χ4n) is 1.95. The largest absolute Gasteiger partial charge is 0.297 e. The lowest BCUT2D eigenvalue weighted by Crippen LogP contribution is -2.12. The Morgan fingerprint density at radius 1 is 1.18 bits per heavy atom. The Morgan fingerprint density at radius 3 is 2.68 bits per heavy atom. The summed E-state index contributed by atoms with van der Waals surface area (Å²) in [6.07, 6.45) is 0. The van der Waals surface area contributed by atoms with Gasteiger partial charge in [-0.2, -0.15) is 9.36 Å². The van der Waals surface area contributed by atoms with Gasteiger partial charge in [-0.15, -0.1) is 0 Å². The maximum Gasteiger partial charge on any atom is 0.258 e. The van der Waals surface area contributed by atoms with Crippen molar-refractivity contribution < 1.29 is 4.79 Å². The summed E-state index contributed by atoms with van der Waals surface area (Å²) in [4.78, 5) is 16.6. The van der Waals surface area contributed by atoms with E-state index >= 15 is 0 Å². The first kappa shape index (κ1) is 14.9. The summed E-state index contributed by atoms with van der Waals surface area (Å²) in [7, 11) is 0. The number of aromatic nitrogens is 2. The molecule has 0 radical (unpaired) electrons. The summed E-state index contributed by atoms with van der Waals surface area (Å²) in [5, 5.41) is 3.27. The Bertz CT molecular complexity index is 817. The maximum atomic E-state index is 12.3. The van der Waals surface area contributed by atoms with Crippen LogP contribution in [0.5, 0.6) is 0 Å². The zero-order chi connectivity index (χ0) is 15.5. The molecule has 1 amide bonds. The number of halogens is 1. The molecule has 0 aliphatic heterocycles. The van der Waals surface area contributed by atoms with E-state index in [0.717, 1.165) is 15.6 Å². The molecular weight excluding hydrogens is 362 g/mol. The lowest BCUT2D eigenvalue weighted by Gasteiger charge is -2.04. The summed E-state index contributed by atoms with van der Waals surface area (Å²) in [6, 6.07) is 15.3. The van der Waals surface area contributed by atoms with Crippen LogP contribution >= 0.6 is 27.5 Å². The van der Waals surface area contributed by atoms with E-state index in [9.17, 15) is 4.79 Å². The second kappa shape index (κ2) is 6.37. The van der Waals surface area contributed by atoms with Gasteiger partial charge in [0.2, 0.25) is 5.13 Å². The number of hydrogen-bond acceptors (Lipinski definition) is 4. The number of rotatable bonds is 3. The maximum absolute atomic E-state index is 12.3. The predicted molar refractivity (Wildman–Crippen MR) is 92.2 cm³/mol. The number of aryl methyl sites for hydroxylation is 1. The van der Waals surface area contributed by atoms with Crippen molar-refractivity contribution >= 4 is 38.5 Å². The minimum absolute atomic E-state index is 0.206. The van der Waals surface area contributed by atoms with Gasteiger partial charge in [0, 0.05) is 21.6 Å². The van der Waals surface area contributed by atoms with Crippen LogP contribution in [0, 0.1) is 6.92 Å². The summed E-state index contributed by atoms with van der Waals surface area (Å²) >= 11 is 4.58. The fourth-order valence-corrected chi connectivity index (χ4v) is 3.21. The second-order valence-electron chi connectivity index (χ2n) is 4.73. The van der Waals surface area contributed by atoms with Crippen molar-refractivity contribution in [2.24, 2.45) is 0 Å². The molecule has 22 heavy (non-hydrogen) atoms. The van der Waals surface area contributed by atoms with Gasteiger partial charge in [0.15, 0.2) is 5.82 Å². The molecule has 0 bridgehead atoms. The van der Waals surface area contributed by atoms with Gasteiger partial charge >= 0.3 is 0 Å². The van der Waals surface area contributed by atoms with Crippen molar-refractivity contribution in [2.45, 2.75) is 6.92 Å². The van der Waals surface area contributed by atoms with Crippen molar-refractivity contribution in [1.29, 1.82) is 0 Å². The van der Waals surface area contributed by atoms with Crippen LogP contribution in [0.3, 0.4) is 0 Å². The molecule has 1 aromatic heterocycles. The van der Waals surface area contributed by atoms with Crippen LogP contribution in [0.25, 0.3) is 11.4 Å². The molecule has 0 fully saturated rings. The normalized spacial score (nSPS) is 10.5. The number of carbonyl (C=O) groups excluding carboxylic acids is 1. The summed E-state index contributed by atoms with van der Waals surface area (Å²) in [5.41, 5.74) is 2.59. The predicted octanol–water partition coefficient (Wildman–Crippen LogP) is 4.53. The van der Waals surface area contributed by atoms with E-state index in [2.05, 4.69) is 30.6 Å². The highest BCUT2D eigenvalue weighted by Gasteiger charge is 2.13. The highest BCUT2D eigenvalue weighted by atomic mass is 79.9. The zero-order valence-electron chi connectivity index (χ0n) is 11.7. The summed E-state index contributed by atoms with van der Waals surface area (Å²) in [6.45, 7) is 1.98. The number of benzene rings is 2. The Morgan fingerprint density at radius 2 is 1.95 bits per heavy atom. The summed E-state index contributed by atoms with van der Waals surface area (Å²) in [5.74, 6) is 0.409. The third kappa shape index (κ3) is 3.23. The van der Waals surface area contributed by atoms with E-state index in [1.54, 1.807) is 6.07 Å². The van der Waals surface area contributed by atoms with E-state index in [4.69, 9.17) is 0 Å². The number of nitrogens with one attached hydrogen (secondary N) is 1. The molecule has 0 unspecified atom stereocenters. The fraction of sp³-hybridized carbons (Fsp3) is 0.0625. The van der Waals surface area contributed by atoms with Crippen LogP contribution in [0.15, 0.2) is 53.0 Å². The first-order chi connectivity index (χ1) is 10.6. The van der Waals surface area contributed by atoms with Crippen molar-refractivity contribution in [2.75, 3.05) is 5.32 Å². The first-order valence-electron chi connectivity index (χ1n) is 6.60. The van der Waals surface area contributed by atoms with Crippen molar-refractivity contribution in [3.8, 4) is 11.4 Å². The minimum atomic E-state index is -0.206. The average Bonchev–Trinajstić information content (AvgIpc) is 2.96. The van der Waals surface area contributed by atoms with Gasteiger partial charge in [-0.05, 0) is 40.5 Å². The van der Waals surface area contributed by atoms with Crippen molar-refractivity contribution in [1.82, 2.24) is 9.36 Å². The van der Waals surface area contributed by atoms with Gasteiger partial charge in [-0.1, -0.05) is 36.4 Å². The highest BCUT2D eigenvalue weighted by Crippen LogP contribution is 2.23. The van der Waals surface area contributed by atoms with Gasteiger partial charge in [0.1, 0.15) is 0 Å². The number of anilines is 1. The molecule has 0 aliphatic rings. The SMILES string of the molecule is Cc1ccc(C(=O)Nc2nc(-c3ccccc3)ns2)c(Br)c1. The minimum Gasteiger partial charge on any atom is -0.297 e. The lowest BCUT2D eigenvalue weighted by molar-refractivity contribution is 0.102. The van der Waals surface area contributed by atoms with Crippen LogP contribution in [0.1, 0.15) is 15.9 Å². The average molecular weight is 374 g/mol. The second-order valence-corrected chi connectivity index (χ2v) is 6.33. The standard InChI is InChI=1S/C16H12BrN3OS/c1-10-7-8-12(13(17)9-10)15(21)19-16-18-14(20-22-16)11-5-3-2-4-6-11/h2-9H,1H3,(H,18,19,20,21). The van der Waals surface area contributed by atoms with Gasteiger partial charge in [-0.25, -0.2) is 0 Å². The van der Waals surface area contributed by atoms with Crippen LogP contribution in [0.4, 0.5) is 5.13 Å². The molecule has 4 nitrogen and oxygen atoms in total. The molecule has 0 aliphatic carbocycles. The molecule has 0 saturated carbocycles. The topological polar surface area (TPSA) is 54.9 Å². The Hall–Kier alpha value is -2.05. The Labute approximate surface area is 140 Å². The number of amides is 1. The molecule has 3 rings (SSSR count). The molecule has 1 heterocycles. The molecule has 3 aromatic rings.